The van der Waals surface area contributed by atoms with Crippen molar-refractivity contribution in [1.82, 2.24) is 0 Å². The van der Waals surface area contributed by atoms with E-state index < -0.39 is 0 Å². The number of rotatable bonds is 4. The summed E-state index contributed by atoms with van der Waals surface area (Å²) >= 11 is 5.95. The van der Waals surface area contributed by atoms with E-state index >= 15 is 0 Å². The highest BCUT2D eigenvalue weighted by molar-refractivity contribution is 7.27. The minimum atomic E-state index is 1.41. The number of allylic oxidation sites excluding steroid dienone is 4. The molecule has 0 fully saturated rings. The van der Waals surface area contributed by atoms with Crippen LogP contribution in [0.2, 0.25) is 0 Å². The van der Waals surface area contributed by atoms with Crippen molar-refractivity contribution >= 4 is 45.2 Å². The van der Waals surface area contributed by atoms with Gasteiger partial charge in [0.25, 0.3) is 0 Å². The van der Waals surface area contributed by atoms with Crippen LogP contribution in [0.25, 0.3) is 30.7 Å². The van der Waals surface area contributed by atoms with Gasteiger partial charge in [0, 0.05) is 29.3 Å². The maximum atomic E-state index is 2.31. The summed E-state index contributed by atoms with van der Waals surface area (Å²) in [4.78, 5) is 8.72. The average molecular weight is 469 g/mol. The second kappa shape index (κ2) is 8.84. The molecule has 3 aromatic rings. The molecule has 0 aromatic carbocycles. The van der Waals surface area contributed by atoms with Gasteiger partial charge in [-0.1, -0.05) is 11.1 Å². The fourth-order valence-electron chi connectivity index (χ4n) is 3.82. The molecule has 0 bridgehead atoms. The first-order chi connectivity index (χ1) is 14.4. The van der Waals surface area contributed by atoms with Gasteiger partial charge < -0.3 is 0 Å². The van der Waals surface area contributed by atoms with Crippen molar-refractivity contribution in [2.45, 2.75) is 83.1 Å². The fraction of sp³-hybridized carbons (Fsp3) is 0.429. The highest BCUT2D eigenvalue weighted by atomic mass is 32.1. The summed E-state index contributed by atoms with van der Waals surface area (Å²) in [6.07, 6.45) is 0. The third kappa shape index (κ3) is 4.05. The van der Waals surface area contributed by atoms with Gasteiger partial charge in [0.15, 0.2) is 0 Å². The van der Waals surface area contributed by atoms with E-state index in [0.29, 0.717) is 0 Å². The summed E-state index contributed by atoms with van der Waals surface area (Å²) < 4.78 is 0. The van der Waals surface area contributed by atoms with Crippen LogP contribution in [0.1, 0.15) is 84.7 Å². The van der Waals surface area contributed by atoms with Gasteiger partial charge in [-0.2, -0.15) is 0 Å². The lowest BCUT2D eigenvalue weighted by molar-refractivity contribution is 1.33. The lowest BCUT2D eigenvalue weighted by Gasteiger charge is -2.02. The summed E-state index contributed by atoms with van der Waals surface area (Å²) in [6, 6.07) is 0. The Balaban J connectivity index is 2.22. The molecule has 0 nitrogen and oxygen atoms in total. The zero-order valence-electron chi connectivity index (χ0n) is 21.2. The molecule has 0 radical (unpaired) electrons. The zero-order chi connectivity index (χ0) is 23.4. The highest BCUT2D eigenvalue weighted by Gasteiger charge is 2.24. The first kappa shape index (κ1) is 24.2. The highest BCUT2D eigenvalue weighted by Crippen LogP contribution is 2.50. The average Bonchev–Trinajstić information content (AvgIpc) is 3.28. The van der Waals surface area contributed by atoms with Crippen molar-refractivity contribution in [2.75, 3.05) is 0 Å². The standard InChI is InChI=1S/C28H36S3/c1-13(2)15(5)23-17(7)19(9)25(29-23)27-21(11)22(12)28(31-27)26-20(10)18(8)24(30-26)16(6)14(3)4/h1-12H3. The minimum Gasteiger partial charge on any atom is -0.134 e. The molecule has 0 aliphatic rings. The van der Waals surface area contributed by atoms with E-state index in [9.17, 15) is 0 Å². The van der Waals surface area contributed by atoms with Gasteiger partial charge in [-0.05, 0) is 128 Å². The molecule has 0 atom stereocenters. The first-order valence-corrected chi connectivity index (χ1v) is 13.4. The zero-order valence-corrected chi connectivity index (χ0v) is 23.7. The summed E-state index contributed by atoms with van der Waals surface area (Å²) in [5, 5.41) is 0. The molecule has 0 saturated heterocycles. The van der Waals surface area contributed by atoms with E-state index in [0.717, 1.165) is 0 Å². The van der Waals surface area contributed by atoms with Crippen LogP contribution in [0.4, 0.5) is 0 Å². The molecular weight excluding hydrogens is 433 g/mol. The van der Waals surface area contributed by atoms with Crippen LogP contribution in [0.5, 0.6) is 0 Å². The molecule has 166 valence electrons. The van der Waals surface area contributed by atoms with Gasteiger partial charge in [-0.15, -0.1) is 34.0 Å². The quantitative estimate of drug-likeness (QED) is 0.357. The summed E-state index contributed by atoms with van der Waals surface area (Å²) in [6.45, 7) is 27.2. The molecule has 0 N–H and O–H groups in total. The molecule has 0 saturated carbocycles. The number of hydrogen-bond donors (Lipinski definition) is 0. The molecule has 0 spiro atoms. The summed E-state index contributed by atoms with van der Waals surface area (Å²) in [5.74, 6) is 0. The first-order valence-electron chi connectivity index (χ1n) is 11.0. The van der Waals surface area contributed by atoms with E-state index in [1.165, 1.54) is 84.9 Å². The second-order valence-corrected chi connectivity index (χ2v) is 12.3. The lowest BCUT2D eigenvalue weighted by Crippen LogP contribution is -1.83. The smallest absolute Gasteiger partial charge is 0.0484 e. The molecule has 3 heterocycles. The molecule has 0 aliphatic heterocycles. The fourth-order valence-corrected chi connectivity index (χ4v) is 8.47. The Morgan fingerprint density at radius 1 is 0.387 bits per heavy atom. The van der Waals surface area contributed by atoms with Crippen LogP contribution in [-0.4, -0.2) is 0 Å². The van der Waals surface area contributed by atoms with Crippen LogP contribution in [0.3, 0.4) is 0 Å². The van der Waals surface area contributed by atoms with Crippen LogP contribution in [-0.2, 0) is 0 Å². The molecule has 3 aromatic heterocycles. The Kier molecular flexibility index (Phi) is 6.91. The Labute approximate surface area is 201 Å². The van der Waals surface area contributed by atoms with E-state index in [1.54, 1.807) is 0 Å². The number of thiophene rings is 3. The monoisotopic (exact) mass is 468 g/mol. The summed E-state index contributed by atoms with van der Waals surface area (Å²) in [5.41, 5.74) is 14.3. The van der Waals surface area contributed by atoms with Crippen LogP contribution in [0.15, 0.2) is 11.1 Å². The minimum absolute atomic E-state index is 1.41. The van der Waals surface area contributed by atoms with E-state index in [1.807, 2.05) is 34.0 Å². The Morgan fingerprint density at radius 3 is 0.935 bits per heavy atom. The molecule has 0 unspecified atom stereocenters. The molecular formula is C28H36S3. The van der Waals surface area contributed by atoms with Gasteiger partial charge in [0.05, 0.1) is 0 Å². The normalized spacial score (nSPS) is 11.2. The van der Waals surface area contributed by atoms with E-state index in [2.05, 4.69) is 83.1 Å². The number of hydrogen-bond acceptors (Lipinski definition) is 3. The largest absolute Gasteiger partial charge is 0.134 e. The molecule has 3 heteroatoms. The van der Waals surface area contributed by atoms with Crippen molar-refractivity contribution in [3.63, 3.8) is 0 Å². The van der Waals surface area contributed by atoms with E-state index in [-0.39, 0.29) is 0 Å². The van der Waals surface area contributed by atoms with Crippen LogP contribution in [0, 0.1) is 41.5 Å². The topological polar surface area (TPSA) is 0 Å². The summed E-state index contributed by atoms with van der Waals surface area (Å²) in [7, 11) is 0. The van der Waals surface area contributed by atoms with Crippen molar-refractivity contribution in [2.24, 2.45) is 0 Å². The van der Waals surface area contributed by atoms with Crippen molar-refractivity contribution < 1.29 is 0 Å². The Bertz CT molecular complexity index is 1130. The predicted octanol–water partition coefficient (Wildman–Crippen LogP) is 10.7. The van der Waals surface area contributed by atoms with Gasteiger partial charge in [-0.3, -0.25) is 0 Å². The van der Waals surface area contributed by atoms with Gasteiger partial charge in [-0.25, -0.2) is 0 Å². The maximum Gasteiger partial charge on any atom is 0.0484 e. The SMILES string of the molecule is CC(C)=C(C)c1sc(-c2sc(-c3sc(C(C)=C(C)C)c(C)c3C)c(C)c2C)c(C)c1C. The van der Waals surface area contributed by atoms with Gasteiger partial charge in [0.1, 0.15) is 0 Å². The Hall–Kier alpha value is -1.42. The van der Waals surface area contributed by atoms with Crippen molar-refractivity contribution in [1.29, 1.82) is 0 Å². The van der Waals surface area contributed by atoms with Gasteiger partial charge in [0.2, 0.25) is 0 Å². The second-order valence-electron chi connectivity index (χ2n) is 9.28. The van der Waals surface area contributed by atoms with Crippen molar-refractivity contribution in [3.05, 3.63) is 54.3 Å². The van der Waals surface area contributed by atoms with E-state index in [4.69, 9.17) is 0 Å². The molecule has 31 heavy (non-hydrogen) atoms. The molecule has 3 rings (SSSR count). The predicted molar refractivity (Wildman–Crippen MR) is 147 cm³/mol. The van der Waals surface area contributed by atoms with Gasteiger partial charge >= 0.3 is 0 Å². The Morgan fingerprint density at radius 2 is 0.645 bits per heavy atom. The lowest BCUT2D eigenvalue weighted by atomic mass is 10.0. The van der Waals surface area contributed by atoms with Crippen molar-refractivity contribution in [3.8, 4) is 19.5 Å². The maximum absolute atomic E-state index is 2.31. The third-order valence-corrected chi connectivity index (χ3v) is 11.7. The van der Waals surface area contributed by atoms with Crippen LogP contribution < -0.4 is 0 Å². The van der Waals surface area contributed by atoms with Crippen LogP contribution >= 0.6 is 34.0 Å². The molecule has 0 aliphatic carbocycles. The third-order valence-electron chi connectivity index (χ3n) is 6.94. The molecule has 0 amide bonds.